The van der Waals surface area contributed by atoms with E-state index in [4.69, 9.17) is 0 Å². The van der Waals surface area contributed by atoms with Crippen LogP contribution in [0.5, 0.6) is 0 Å². The summed E-state index contributed by atoms with van der Waals surface area (Å²) in [5, 5.41) is 0. The lowest BCUT2D eigenvalue weighted by molar-refractivity contribution is 0.745. The van der Waals surface area contributed by atoms with Crippen molar-refractivity contribution in [2.24, 2.45) is 0 Å². The third kappa shape index (κ3) is 1.05. The van der Waals surface area contributed by atoms with E-state index in [-0.39, 0.29) is 0 Å². The summed E-state index contributed by atoms with van der Waals surface area (Å²) in [6.07, 6.45) is 2.41. The van der Waals surface area contributed by atoms with Crippen LogP contribution in [0.2, 0.25) is 0 Å². The minimum absolute atomic E-state index is 1.16. The largest absolute Gasteiger partial charge is 0.374 e. The smallest absolute Gasteiger partial charge is 0.0487 e. The normalized spacial score (nSPS) is 15.5. The standard InChI is InChI=1S/C10H11N/c1-11-8-4-6-9-5-2-3-7-10(9)11/h3,7H,4,6,8H2,1H3. The predicted octanol–water partition coefficient (Wildman–Crippen LogP) is 1.67. The molecule has 56 valence electrons. The van der Waals surface area contributed by atoms with Crippen LogP contribution >= 0.6 is 0 Å². The summed E-state index contributed by atoms with van der Waals surface area (Å²) < 4.78 is 0. The van der Waals surface area contributed by atoms with Gasteiger partial charge in [-0.25, -0.2) is 0 Å². The first-order valence-corrected chi connectivity index (χ1v) is 4.00. The molecule has 0 saturated carbocycles. The van der Waals surface area contributed by atoms with Gasteiger partial charge < -0.3 is 4.90 Å². The van der Waals surface area contributed by atoms with Crippen molar-refractivity contribution in [2.75, 3.05) is 18.5 Å². The van der Waals surface area contributed by atoms with Gasteiger partial charge in [0.15, 0.2) is 0 Å². The highest BCUT2D eigenvalue weighted by atomic mass is 15.1. The molecule has 1 aromatic rings. The molecule has 0 spiro atoms. The number of anilines is 1. The predicted molar refractivity (Wildman–Crippen MR) is 45.7 cm³/mol. The fourth-order valence-electron chi connectivity index (χ4n) is 1.58. The molecule has 0 saturated heterocycles. The number of nitrogens with zero attached hydrogens (tertiary/aromatic N) is 1. The Balaban J connectivity index is 2.44. The molecule has 2 rings (SSSR count). The maximum atomic E-state index is 3.15. The van der Waals surface area contributed by atoms with Crippen LogP contribution in [0.3, 0.4) is 0 Å². The van der Waals surface area contributed by atoms with Crippen LogP contribution in [0.4, 0.5) is 5.69 Å². The van der Waals surface area contributed by atoms with Crippen molar-refractivity contribution >= 4 is 5.69 Å². The monoisotopic (exact) mass is 145 g/mol. The van der Waals surface area contributed by atoms with Crippen LogP contribution in [0.15, 0.2) is 12.1 Å². The maximum Gasteiger partial charge on any atom is 0.0487 e. The quantitative estimate of drug-likeness (QED) is 0.536. The molecule has 0 radical (unpaired) electrons. The lowest BCUT2D eigenvalue weighted by Gasteiger charge is -2.25. The second-order valence-electron chi connectivity index (χ2n) is 2.99. The van der Waals surface area contributed by atoms with Gasteiger partial charge in [-0.05, 0) is 25.0 Å². The first-order valence-electron chi connectivity index (χ1n) is 4.00. The summed E-state index contributed by atoms with van der Waals surface area (Å²) in [6.45, 7) is 1.17. The average Bonchev–Trinajstić information content (AvgIpc) is 2.06. The van der Waals surface area contributed by atoms with Crippen molar-refractivity contribution in [1.82, 2.24) is 0 Å². The summed E-state index contributed by atoms with van der Waals surface area (Å²) in [5.41, 5.74) is 2.65. The number of hydrogen-bond acceptors (Lipinski definition) is 1. The van der Waals surface area contributed by atoms with Gasteiger partial charge in [-0.3, -0.25) is 0 Å². The molecule has 0 N–H and O–H groups in total. The zero-order chi connectivity index (χ0) is 7.68. The average molecular weight is 145 g/mol. The second kappa shape index (κ2) is 2.47. The van der Waals surface area contributed by atoms with Crippen LogP contribution in [0.25, 0.3) is 0 Å². The highest BCUT2D eigenvalue weighted by Crippen LogP contribution is 2.22. The minimum atomic E-state index is 1.16. The molecule has 1 nitrogen and oxygen atoms in total. The molecule has 0 aliphatic carbocycles. The van der Waals surface area contributed by atoms with E-state index in [9.17, 15) is 0 Å². The Morgan fingerprint density at radius 2 is 2.45 bits per heavy atom. The summed E-state index contributed by atoms with van der Waals surface area (Å²) >= 11 is 0. The van der Waals surface area contributed by atoms with Crippen LogP contribution in [-0.2, 0) is 6.42 Å². The molecule has 0 fully saturated rings. The van der Waals surface area contributed by atoms with Crippen molar-refractivity contribution in [3.8, 4) is 0 Å². The highest BCUT2D eigenvalue weighted by molar-refractivity contribution is 5.52. The molecule has 11 heavy (non-hydrogen) atoms. The third-order valence-corrected chi connectivity index (χ3v) is 2.19. The van der Waals surface area contributed by atoms with Crippen LogP contribution < -0.4 is 4.90 Å². The topological polar surface area (TPSA) is 3.24 Å². The lowest BCUT2D eigenvalue weighted by atomic mass is 10.0. The molecule has 1 heteroatoms. The zero-order valence-electron chi connectivity index (χ0n) is 6.72. The van der Waals surface area contributed by atoms with Crippen molar-refractivity contribution in [3.63, 3.8) is 0 Å². The zero-order valence-corrected chi connectivity index (χ0v) is 6.72. The van der Waals surface area contributed by atoms with E-state index in [1.807, 2.05) is 6.07 Å². The third-order valence-electron chi connectivity index (χ3n) is 2.19. The molecule has 1 aliphatic rings. The van der Waals surface area contributed by atoms with Gasteiger partial charge in [-0.1, -0.05) is 12.1 Å². The van der Waals surface area contributed by atoms with Gasteiger partial charge in [0.25, 0.3) is 0 Å². The Morgan fingerprint density at radius 1 is 1.55 bits per heavy atom. The van der Waals surface area contributed by atoms with Gasteiger partial charge in [0, 0.05) is 24.8 Å². The Kier molecular flexibility index (Phi) is 1.47. The first kappa shape index (κ1) is 6.54. The lowest BCUT2D eigenvalue weighted by Crippen LogP contribution is -2.24. The number of hydrogen-bond donors (Lipinski definition) is 0. The molecular formula is C10H11N. The van der Waals surface area contributed by atoms with Crippen molar-refractivity contribution < 1.29 is 0 Å². The fourth-order valence-corrected chi connectivity index (χ4v) is 1.58. The Hall–Kier alpha value is -1.16. The molecule has 0 unspecified atom stereocenters. The number of rotatable bonds is 0. The summed E-state index contributed by atoms with van der Waals surface area (Å²) in [6, 6.07) is 10.2. The van der Waals surface area contributed by atoms with E-state index >= 15 is 0 Å². The van der Waals surface area contributed by atoms with Crippen LogP contribution in [0.1, 0.15) is 12.0 Å². The van der Waals surface area contributed by atoms with Crippen LogP contribution in [0, 0.1) is 12.1 Å². The van der Waals surface area contributed by atoms with Crippen molar-refractivity contribution in [3.05, 3.63) is 29.8 Å². The Morgan fingerprint density at radius 3 is 3.27 bits per heavy atom. The van der Waals surface area contributed by atoms with E-state index in [2.05, 4.69) is 30.1 Å². The van der Waals surface area contributed by atoms with Gasteiger partial charge in [0.05, 0.1) is 0 Å². The highest BCUT2D eigenvalue weighted by Gasteiger charge is 2.11. The molecule has 0 atom stereocenters. The van der Waals surface area contributed by atoms with Gasteiger partial charge in [0.2, 0.25) is 0 Å². The molecule has 1 heterocycles. The van der Waals surface area contributed by atoms with E-state index in [0.29, 0.717) is 0 Å². The molecule has 1 aliphatic heterocycles. The summed E-state index contributed by atoms with van der Waals surface area (Å²) in [7, 11) is 2.13. The summed E-state index contributed by atoms with van der Waals surface area (Å²) in [4.78, 5) is 2.28. The SMILES string of the molecule is CN1CCCc2c#cccc21. The van der Waals surface area contributed by atoms with Gasteiger partial charge in [-0.15, -0.1) is 0 Å². The minimum Gasteiger partial charge on any atom is -0.374 e. The summed E-state index contributed by atoms with van der Waals surface area (Å²) in [5.74, 6) is 0. The van der Waals surface area contributed by atoms with Gasteiger partial charge >= 0.3 is 0 Å². The molecule has 0 amide bonds. The van der Waals surface area contributed by atoms with Crippen molar-refractivity contribution in [1.29, 1.82) is 0 Å². The van der Waals surface area contributed by atoms with E-state index in [0.717, 1.165) is 6.42 Å². The Bertz CT molecular complexity index is 255. The number of fused-ring (bicyclic) bond motifs is 1. The molecule has 0 bridgehead atoms. The van der Waals surface area contributed by atoms with Crippen LogP contribution in [-0.4, -0.2) is 13.6 Å². The van der Waals surface area contributed by atoms with E-state index < -0.39 is 0 Å². The molecule has 1 aromatic carbocycles. The van der Waals surface area contributed by atoms with E-state index in [1.165, 1.54) is 24.2 Å². The Labute approximate surface area is 67.6 Å². The van der Waals surface area contributed by atoms with Crippen molar-refractivity contribution in [2.45, 2.75) is 12.8 Å². The molecule has 0 aromatic heterocycles. The second-order valence-corrected chi connectivity index (χ2v) is 2.99. The first-order chi connectivity index (χ1) is 5.38. The van der Waals surface area contributed by atoms with E-state index in [1.54, 1.807) is 0 Å². The van der Waals surface area contributed by atoms with Gasteiger partial charge in [0.1, 0.15) is 0 Å². The van der Waals surface area contributed by atoms with Gasteiger partial charge in [-0.2, -0.15) is 0 Å². The molecular weight excluding hydrogens is 134 g/mol. The maximum absolute atomic E-state index is 3.15. The fraction of sp³-hybridized carbons (Fsp3) is 0.400.